The predicted molar refractivity (Wildman–Crippen MR) is 98.9 cm³/mol. The number of methoxy groups -OCH3 is 1. The third kappa shape index (κ3) is 3.16. The lowest BCUT2D eigenvalue weighted by Crippen LogP contribution is -2.33. The van der Waals surface area contributed by atoms with E-state index < -0.39 is 0 Å². The second-order valence-corrected chi connectivity index (χ2v) is 6.63. The SMILES string of the molecule is COCCN1C(=S)NC(c2ccccn2)C1c1cccn1C(C)C. The van der Waals surface area contributed by atoms with Crippen LogP contribution >= 0.6 is 12.2 Å². The van der Waals surface area contributed by atoms with Crippen molar-refractivity contribution in [2.75, 3.05) is 20.3 Å². The largest absolute Gasteiger partial charge is 0.383 e. The highest BCUT2D eigenvalue weighted by molar-refractivity contribution is 7.80. The standard InChI is InChI=1S/C18H24N4OS/c1-13(2)21-10-6-8-15(21)17-16(14-7-4-5-9-19-14)20-18(24)22(17)11-12-23-3/h4-10,13,16-17H,11-12H2,1-3H3,(H,20,24). The number of ether oxygens (including phenoxy) is 1. The van der Waals surface area contributed by atoms with E-state index in [0.29, 0.717) is 12.6 Å². The van der Waals surface area contributed by atoms with Crippen molar-refractivity contribution in [3.8, 4) is 0 Å². The number of rotatable bonds is 6. The summed E-state index contributed by atoms with van der Waals surface area (Å²) >= 11 is 5.61. The summed E-state index contributed by atoms with van der Waals surface area (Å²) < 4.78 is 7.59. The summed E-state index contributed by atoms with van der Waals surface area (Å²) in [6, 6.07) is 10.8. The van der Waals surface area contributed by atoms with Gasteiger partial charge in [0.15, 0.2) is 5.11 Å². The van der Waals surface area contributed by atoms with E-state index >= 15 is 0 Å². The number of nitrogens with zero attached hydrogens (tertiary/aromatic N) is 3. The number of hydrogen-bond acceptors (Lipinski definition) is 3. The first-order valence-corrected chi connectivity index (χ1v) is 8.68. The fraction of sp³-hybridized carbons (Fsp3) is 0.444. The highest BCUT2D eigenvalue weighted by atomic mass is 32.1. The number of hydrogen-bond donors (Lipinski definition) is 1. The number of nitrogens with one attached hydrogen (secondary N) is 1. The van der Waals surface area contributed by atoms with Gasteiger partial charge in [0.1, 0.15) is 0 Å². The molecule has 5 nitrogen and oxygen atoms in total. The van der Waals surface area contributed by atoms with E-state index in [1.54, 1.807) is 7.11 Å². The van der Waals surface area contributed by atoms with Gasteiger partial charge in [0.05, 0.1) is 24.4 Å². The molecular formula is C18H24N4OS. The molecule has 1 N–H and O–H groups in total. The minimum Gasteiger partial charge on any atom is -0.383 e. The maximum atomic E-state index is 5.61. The Labute approximate surface area is 148 Å². The minimum absolute atomic E-state index is 0.0305. The van der Waals surface area contributed by atoms with Gasteiger partial charge in [-0.05, 0) is 50.3 Å². The van der Waals surface area contributed by atoms with Crippen molar-refractivity contribution in [3.05, 3.63) is 54.1 Å². The van der Waals surface area contributed by atoms with Gasteiger partial charge in [-0.15, -0.1) is 0 Å². The van der Waals surface area contributed by atoms with Gasteiger partial charge in [0.25, 0.3) is 0 Å². The van der Waals surface area contributed by atoms with E-state index in [2.05, 4.69) is 58.0 Å². The first-order chi connectivity index (χ1) is 11.6. The topological polar surface area (TPSA) is 42.3 Å². The average Bonchev–Trinajstić information content (AvgIpc) is 3.18. The van der Waals surface area contributed by atoms with E-state index in [0.717, 1.165) is 17.4 Å². The van der Waals surface area contributed by atoms with Gasteiger partial charge in [-0.25, -0.2) is 0 Å². The van der Waals surface area contributed by atoms with Crippen LogP contribution in [-0.2, 0) is 4.74 Å². The molecule has 2 aromatic heterocycles. The Balaban J connectivity index is 2.02. The molecule has 1 fully saturated rings. The molecule has 128 valence electrons. The smallest absolute Gasteiger partial charge is 0.170 e. The zero-order valence-corrected chi connectivity index (χ0v) is 15.2. The average molecular weight is 344 g/mol. The first-order valence-electron chi connectivity index (χ1n) is 8.27. The molecular weight excluding hydrogens is 320 g/mol. The summed E-state index contributed by atoms with van der Waals surface area (Å²) in [6.45, 7) is 5.77. The second kappa shape index (κ2) is 7.32. The van der Waals surface area contributed by atoms with E-state index in [1.807, 2.05) is 18.3 Å². The van der Waals surface area contributed by atoms with Crippen molar-refractivity contribution in [2.45, 2.75) is 32.0 Å². The van der Waals surface area contributed by atoms with Gasteiger partial charge in [-0.2, -0.15) is 0 Å². The van der Waals surface area contributed by atoms with Gasteiger partial charge >= 0.3 is 0 Å². The lowest BCUT2D eigenvalue weighted by Gasteiger charge is -2.29. The highest BCUT2D eigenvalue weighted by Crippen LogP contribution is 2.39. The molecule has 3 rings (SSSR count). The van der Waals surface area contributed by atoms with E-state index in [1.165, 1.54) is 5.69 Å². The fourth-order valence-corrected chi connectivity index (χ4v) is 3.62. The summed E-state index contributed by atoms with van der Waals surface area (Å²) in [4.78, 5) is 6.77. The molecule has 1 aliphatic heterocycles. The molecule has 1 aliphatic rings. The molecule has 1 saturated heterocycles. The monoisotopic (exact) mass is 344 g/mol. The number of aromatic nitrogens is 2. The van der Waals surface area contributed by atoms with Gasteiger partial charge in [-0.1, -0.05) is 6.07 Å². The van der Waals surface area contributed by atoms with Crippen molar-refractivity contribution in [1.29, 1.82) is 0 Å². The van der Waals surface area contributed by atoms with Crippen molar-refractivity contribution < 1.29 is 4.74 Å². The summed E-state index contributed by atoms with van der Waals surface area (Å²) in [5, 5.41) is 4.21. The molecule has 2 unspecified atom stereocenters. The number of pyridine rings is 1. The summed E-state index contributed by atoms with van der Waals surface area (Å²) in [5.74, 6) is 0. The van der Waals surface area contributed by atoms with Gasteiger partial charge in [0.2, 0.25) is 0 Å². The summed E-state index contributed by atoms with van der Waals surface area (Å²) in [7, 11) is 1.72. The molecule has 0 bridgehead atoms. The lowest BCUT2D eigenvalue weighted by atomic mass is 10.0. The van der Waals surface area contributed by atoms with Crippen LogP contribution < -0.4 is 5.32 Å². The zero-order chi connectivity index (χ0) is 17.1. The van der Waals surface area contributed by atoms with Crippen LogP contribution in [0.3, 0.4) is 0 Å². The Morgan fingerprint density at radius 2 is 2.12 bits per heavy atom. The Morgan fingerprint density at radius 1 is 1.29 bits per heavy atom. The van der Waals surface area contributed by atoms with Crippen LogP contribution in [0.2, 0.25) is 0 Å². The van der Waals surface area contributed by atoms with Gasteiger partial charge in [-0.3, -0.25) is 4.98 Å². The van der Waals surface area contributed by atoms with Gasteiger partial charge in [0, 0.05) is 37.8 Å². The second-order valence-electron chi connectivity index (χ2n) is 6.25. The van der Waals surface area contributed by atoms with E-state index in [-0.39, 0.29) is 12.1 Å². The molecule has 0 saturated carbocycles. The molecule has 0 aromatic carbocycles. The normalized spacial score (nSPS) is 20.7. The van der Waals surface area contributed by atoms with E-state index in [4.69, 9.17) is 17.0 Å². The van der Waals surface area contributed by atoms with Crippen molar-refractivity contribution >= 4 is 17.3 Å². The summed E-state index contributed by atoms with van der Waals surface area (Å²) in [5.41, 5.74) is 2.24. The molecule has 0 spiro atoms. The van der Waals surface area contributed by atoms with Crippen LogP contribution in [0.25, 0.3) is 0 Å². The van der Waals surface area contributed by atoms with Crippen molar-refractivity contribution in [1.82, 2.24) is 19.8 Å². The molecule has 0 radical (unpaired) electrons. The Morgan fingerprint density at radius 3 is 2.79 bits per heavy atom. The molecule has 24 heavy (non-hydrogen) atoms. The van der Waals surface area contributed by atoms with Crippen molar-refractivity contribution in [3.63, 3.8) is 0 Å². The molecule has 6 heteroatoms. The van der Waals surface area contributed by atoms with E-state index in [9.17, 15) is 0 Å². The maximum Gasteiger partial charge on any atom is 0.170 e. The van der Waals surface area contributed by atoms with Crippen LogP contribution in [0.5, 0.6) is 0 Å². The van der Waals surface area contributed by atoms with Crippen LogP contribution in [-0.4, -0.2) is 39.8 Å². The van der Waals surface area contributed by atoms with Gasteiger partial charge < -0.3 is 19.5 Å². The number of thiocarbonyl (C=S) groups is 1. The first kappa shape index (κ1) is 16.9. The highest BCUT2D eigenvalue weighted by Gasteiger charge is 2.40. The van der Waals surface area contributed by atoms with Crippen LogP contribution in [0.4, 0.5) is 0 Å². The molecule has 3 heterocycles. The molecule has 2 atom stereocenters. The Bertz CT molecular complexity index is 685. The molecule has 0 aliphatic carbocycles. The maximum absolute atomic E-state index is 5.61. The lowest BCUT2D eigenvalue weighted by molar-refractivity contribution is 0.162. The fourth-order valence-electron chi connectivity index (χ4n) is 3.29. The zero-order valence-electron chi connectivity index (χ0n) is 14.3. The third-order valence-electron chi connectivity index (χ3n) is 4.41. The van der Waals surface area contributed by atoms with Crippen LogP contribution in [0, 0.1) is 0 Å². The third-order valence-corrected chi connectivity index (χ3v) is 4.76. The van der Waals surface area contributed by atoms with Crippen LogP contribution in [0.1, 0.15) is 43.4 Å². The van der Waals surface area contributed by atoms with Crippen molar-refractivity contribution in [2.24, 2.45) is 0 Å². The molecule has 2 aromatic rings. The Kier molecular flexibility index (Phi) is 5.16. The Hall–Kier alpha value is -1.92. The summed E-state index contributed by atoms with van der Waals surface area (Å²) in [6.07, 6.45) is 3.96. The van der Waals surface area contributed by atoms with Crippen LogP contribution in [0.15, 0.2) is 42.7 Å². The minimum atomic E-state index is 0.0305. The predicted octanol–water partition coefficient (Wildman–Crippen LogP) is 3.08. The quantitative estimate of drug-likeness (QED) is 0.816. The molecule has 0 amide bonds.